The van der Waals surface area contributed by atoms with Crippen molar-refractivity contribution in [2.24, 2.45) is 0 Å². The van der Waals surface area contributed by atoms with Crippen LogP contribution in [0.2, 0.25) is 0 Å². The van der Waals surface area contributed by atoms with Gasteiger partial charge in [-0.2, -0.15) is 4.98 Å². The van der Waals surface area contributed by atoms with E-state index in [4.69, 9.17) is 35.8 Å². The van der Waals surface area contributed by atoms with Crippen LogP contribution in [0.1, 0.15) is 20.1 Å². The molecule has 15 heteroatoms. The Balaban J connectivity index is 1.76. The summed E-state index contributed by atoms with van der Waals surface area (Å²) >= 11 is 5.23. The molecular weight excluding hydrogens is 435 g/mol. The van der Waals surface area contributed by atoms with Gasteiger partial charge < -0.3 is 24.6 Å². The van der Waals surface area contributed by atoms with Crippen LogP contribution in [-0.2, 0) is 30.1 Å². The number of anilines is 1. The molecule has 0 aliphatic carbocycles. The molecule has 0 saturated carbocycles. The number of H-pyrrole nitrogens is 1. The number of aliphatic hydroxyl groups excluding tert-OH is 1. The third-order valence-electron chi connectivity index (χ3n) is 4.56. The molecule has 4 heterocycles. The number of nitrogen functional groups attached to an aromatic ring is 1. The molecule has 0 radical (unpaired) electrons. The van der Waals surface area contributed by atoms with E-state index in [9.17, 15) is 18.7 Å². The summed E-state index contributed by atoms with van der Waals surface area (Å²) in [4.78, 5) is 22.4. The number of ether oxygens (including phenoxy) is 1. The Morgan fingerprint density at radius 3 is 2.93 bits per heavy atom. The molecule has 0 aromatic carbocycles. The van der Waals surface area contributed by atoms with Gasteiger partial charge in [-0.25, -0.2) is 13.8 Å². The van der Waals surface area contributed by atoms with Crippen LogP contribution in [0.3, 0.4) is 0 Å². The Kier molecular flexibility index (Phi) is 5.01. The van der Waals surface area contributed by atoms with Crippen LogP contribution in [0.5, 0.6) is 0 Å². The van der Waals surface area contributed by atoms with Gasteiger partial charge in [-0.3, -0.25) is 18.9 Å². The van der Waals surface area contributed by atoms with E-state index >= 15 is 0 Å². The Morgan fingerprint density at radius 1 is 1.55 bits per heavy atom. The molecule has 0 spiro atoms. The van der Waals surface area contributed by atoms with Gasteiger partial charge in [0.1, 0.15) is 18.5 Å². The second kappa shape index (κ2) is 7.01. The van der Waals surface area contributed by atoms with Gasteiger partial charge in [0, 0.05) is 0 Å². The van der Waals surface area contributed by atoms with Gasteiger partial charge in [0.15, 0.2) is 23.0 Å². The van der Waals surface area contributed by atoms with Gasteiger partial charge >= 0.3 is 6.72 Å². The summed E-state index contributed by atoms with van der Waals surface area (Å²) < 4.78 is 51.1. The lowest BCUT2D eigenvalue weighted by Gasteiger charge is -2.41. The number of aliphatic hydroxyl groups is 1. The first kappa shape index (κ1) is 20.7. The monoisotopic (exact) mass is 453 g/mol. The number of aromatic nitrogens is 4. The zero-order chi connectivity index (χ0) is 21.1. The van der Waals surface area contributed by atoms with Crippen molar-refractivity contribution in [3.8, 4) is 0 Å². The molecular formula is C14H18F2N5O6PS. The van der Waals surface area contributed by atoms with Gasteiger partial charge in [-0.15, -0.1) is 0 Å². The predicted octanol–water partition coefficient (Wildman–Crippen LogP) is 0.660. The summed E-state index contributed by atoms with van der Waals surface area (Å²) in [6, 6.07) is 0. The lowest BCUT2D eigenvalue weighted by atomic mass is 9.96. The molecule has 29 heavy (non-hydrogen) atoms. The number of imidazole rings is 1. The highest BCUT2D eigenvalue weighted by molar-refractivity contribution is 8.07. The van der Waals surface area contributed by atoms with Crippen molar-refractivity contribution in [1.29, 1.82) is 0 Å². The standard InChI is InChI=1S/C14H18F2N5O6PS/c1-5(2)26-28(29)24-3-14(12(15)16)8(27-28)7(22)11(25-14)21-4-18-9-6(21)10(23)20-13(17)19-9/h4-5,7-8,11-12,22H,3H2,1-2H3,(H3,17,19,20,23)/t7-,8-,11-,14-,28?/m0/s1. The van der Waals surface area contributed by atoms with Crippen molar-refractivity contribution in [3.63, 3.8) is 0 Å². The lowest BCUT2D eigenvalue weighted by molar-refractivity contribution is -0.204. The summed E-state index contributed by atoms with van der Waals surface area (Å²) in [6.07, 6.45) is -6.95. The third-order valence-corrected chi connectivity index (χ3v) is 7.00. The Labute approximate surface area is 167 Å². The number of hydrogen-bond donors (Lipinski definition) is 3. The number of nitrogens with zero attached hydrogens (tertiary/aromatic N) is 3. The zero-order valence-electron chi connectivity index (χ0n) is 15.2. The van der Waals surface area contributed by atoms with E-state index in [1.165, 1.54) is 0 Å². The van der Waals surface area contributed by atoms with Crippen LogP contribution in [0.25, 0.3) is 11.2 Å². The minimum Gasteiger partial charge on any atom is -0.386 e. The van der Waals surface area contributed by atoms with E-state index < -0.39 is 49.3 Å². The molecule has 2 saturated heterocycles. The molecule has 2 fully saturated rings. The van der Waals surface area contributed by atoms with Gasteiger partial charge in [0.2, 0.25) is 5.95 Å². The van der Waals surface area contributed by atoms with Gasteiger partial charge in [0.05, 0.1) is 12.7 Å². The van der Waals surface area contributed by atoms with Gasteiger partial charge in [0.25, 0.3) is 12.0 Å². The maximum absolute atomic E-state index is 14.0. The average Bonchev–Trinajstić information content (AvgIpc) is 3.14. The van der Waals surface area contributed by atoms with E-state index in [1.54, 1.807) is 13.8 Å². The Bertz CT molecular complexity index is 1050. The quantitative estimate of drug-likeness (QED) is 0.564. The highest BCUT2D eigenvalue weighted by Gasteiger charge is 2.66. The number of nitrogens with two attached hydrogens (primary N) is 1. The SMILES string of the molecule is CC(C)OP1(=S)OC[C@]2(C(F)F)O[C@H](n3cnc4nc(N)[nH]c(=O)c43)[C@@H](O)[C@@H]2O1. The molecule has 2 aromatic heterocycles. The van der Waals surface area contributed by atoms with E-state index in [0.717, 1.165) is 10.9 Å². The van der Waals surface area contributed by atoms with Crippen LogP contribution >= 0.6 is 6.72 Å². The summed E-state index contributed by atoms with van der Waals surface area (Å²) in [7, 11) is 0. The predicted molar refractivity (Wildman–Crippen MR) is 98.8 cm³/mol. The topological polar surface area (TPSA) is 147 Å². The second-order valence-electron chi connectivity index (χ2n) is 6.93. The highest BCUT2D eigenvalue weighted by Crippen LogP contribution is 2.61. The minimum absolute atomic E-state index is 0.0338. The molecule has 11 nitrogen and oxygen atoms in total. The first-order chi connectivity index (χ1) is 13.6. The van der Waals surface area contributed by atoms with E-state index in [1.807, 2.05) is 0 Å². The molecule has 4 rings (SSSR count). The van der Waals surface area contributed by atoms with Crippen molar-refractivity contribution < 1.29 is 32.2 Å². The number of rotatable bonds is 4. The van der Waals surface area contributed by atoms with Gasteiger partial charge in [-0.05, 0) is 25.7 Å². The smallest absolute Gasteiger partial charge is 0.328 e. The molecule has 5 atom stereocenters. The largest absolute Gasteiger partial charge is 0.386 e. The highest BCUT2D eigenvalue weighted by atomic mass is 32.5. The fourth-order valence-electron chi connectivity index (χ4n) is 3.35. The molecule has 160 valence electrons. The molecule has 0 bridgehead atoms. The normalized spacial score (nSPS) is 34.9. The zero-order valence-corrected chi connectivity index (χ0v) is 16.9. The number of fused-ring (bicyclic) bond motifs is 2. The van der Waals surface area contributed by atoms with E-state index in [-0.39, 0.29) is 23.2 Å². The first-order valence-electron chi connectivity index (χ1n) is 8.54. The molecule has 0 amide bonds. The van der Waals surface area contributed by atoms with Crippen LogP contribution in [0.4, 0.5) is 14.7 Å². The number of aromatic amines is 1. The summed E-state index contributed by atoms with van der Waals surface area (Å²) in [5, 5.41) is 10.8. The van der Waals surface area contributed by atoms with Crippen LogP contribution in [0.15, 0.2) is 11.1 Å². The maximum Gasteiger partial charge on any atom is 0.328 e. The van der Waals surface area contributed by atoms with Crippen molar-refractivity contribution in [2.45, 2.75) is 50.4 Å². The number of hydrogen-bond acceptors (Lipinski definition) is 10. The number of nitrogens with one attached hydrogen (secondary N) is 1. The molecule has 1 unspecified atom stereocenters. The fourth-order valence-corrected chi connectivity index (χ4v) is 5.93. The maximum atomic E-state index is 14.0. The Hall–Kier alpha value is -1.54. The Morgan fingerprint density at radius 2 is 2.28 bits per heavy atom. The van der Waals surface area contributed by atoms with Crippen molar-refractivity contribution in [3.05, 3.63) is 16.7 Å². The summed E-state index contributed by atoms with van der Waals surface area (Å²) in [5.41, 5.74) is 2.36. The second-order valence-corrected chi connectivity index (χ2v) is 9.85. The first-order valence-corrected chi connectivity index (χ1v) is 11.1. The number of alkyl halides is 2. The number of halogens is 2. The van der Waals surface area contributed by atoms with Crippen LogP contribution < -0.4 is 11.3 Å². The van der Waals surface area contributed by atoms with Crippen molar-refractivity contribution >= 4 is 35.6 Å². The third kappa shape index (κ3) is 3.28. The summed E-state index contributed by atoms with van der Waals surface area (Å²) in [6.45, 7) is -0.674. The van der Waals surface area contributed by atoms with E-state index in [2.05, 4.69) is 15.0 Å². The van der Waals surface area contributed by atoms with Crippen LogP contribution in [0, 0.1) is 0 Å². The minimum atomic E-state index is -3.39. The average molecular weight is 453 g/mol. The molecule has 2 aliphatic heterocycles. The fraction of sp³-hybridized carbons (Fsp3) is 0.643. The van der Waals surface area contributed by atoms with Crippen molar-refractivity contribution in [2.75, 3.05) is 12.3 Å². The van der Waals surface area contributed by atoms with Crippen LogP contribution in [-0.4, -0.2) is 61.6 Å². The van der Waals surface area contributed by atoms with E-state index in [0.29, 0.717) is 0 Å². The van der Waals surface area contributed by atoms with Crippen molar-refractivity contribution in [1.82, 2.24) is 19.5 Å². The molecule has 4 N–H and O–H groups in total. The lowest BCUT2D eigenvalue weighted by Crippen LogP contribution is -2.56. The molecule has 2 aromatic rings. The molecule has 2 aliphatic rings. The summed E-state index contributed by atoms with van der Waals surface area (Å²) in [5.74, 6) is -0.165. The van der Waals surface area contributed by atoms with Gasteiger partial charge in [-0.1, -0.05) is 0 Å².